The van der Waals surface area contributed by atoms with Crippen LogP contribution in [0.2, 0.25) is 0 Å². The third kappa shape index (κ3) is 2.79. The maximum atomic E-state index is 15.4. The van der Waals surface area contributed by atoms with Crippen LogP contribution in [0.4, 0.5) is 4.39 Å². The molecule has 0 saturated heterocycles. The lowest BCUT2D eigenvalue weighted by molar-refractivity contribution is 0.630. The molecule has 27 heavy (non-hydrogen) atoms. The molecule has 4 rings (SSSR count). The van der Waals surface area contributed by atoms with Crippen LogP contribution in [0, 0.1) is 5.82 Å². The van der Waals surface area contributed by atoms with Crippen LogP contribution in [-0.2, 0) is 0 Å². The van der Waals surface area contributed by atoms with Crippen LogP contribution in [0.25, 0.3) is 39.0 Å². The van der Waals surface area contributed by atoms with Gasteiger partial charge >= 0.3 is 0 Å². The van der Waals surface area contributed by atoms with Crippen LogP contribution in [0.1, 0.15) is 12.6 Å². The predicted molar refractivity (Wildman–Crippen MR) is 105 cm³/mol. The monoisotopic (exact) mass is 360 g/mol. The van der Waals surface area contributed by atoms with E-state index >= 15 is 4.39 Å². The van der Waals surface area contributed by atoms with E-state index in [4.69, 9.17) is 5.73 Å². The summed E-state index contributed by atoms with van der Waals surface area (Å²) in [6, 6.07) is 7.59. The summed E-state index contributed by atoms with van der Waals surface area (Å²) in [6.07, 6.45) is 6.42. The Labute approximate surface area is 154 Å². The minimum Gasteiger partial charge on any atom is -0.399 e. The van der Waals surface area contributed by atoms with Gasteiger partial charge in [-0.05, 0) is 31.2 Å². The number of rotatable bonds is 4. The first-order chi connectivity index (χ1) is 13.1. The number of hydrogen-bond donors (Lipinski definition) is 3. The lowest BCUT2D eigenvalue weighted by Gasteiger charge is -2.05. The topological polar surface area (TPSA) is 96.3 Å². The molecule has 1 aromatic carbocycles. The molecule has 4 aromatic rings. The van der Waals surface area contributed by atoms with Crippen molar-refractivity contribution < 1.29 is 4.39 Å². The molecule has 0 radical (unpaired) electrons. The molecule has 3 heterocycles. The van der Waals surface area contributed by atoms with Gasteiger partial charge in [0.25, 0.3) is 0 Å². The van der Waals surface area contributed by atoms with Gasteiger partial charge in [-0.2, -0.15) is 5.10 Å². The second kappa shape index (κ2) is 6.53. The maximum Gasteiger partial charge on any atom is 0.161 e. The van der Waals surface area contributed by atoms with Crippen LogP contribution in [0.15, 0.2) is 61.0 Å². The SMILES string of the molecule is C=C/C(N)=C\C(=C/C)c1ncc2[nH]nc(-c3nc4ccccc4[nH]3)c2c1F. The van der Waals surface area contributed by atoms with Crippen LogP contribution in [0.5, 0.6) is 0 Å². The summed E-state index contributed by atoms with van der Waals surface area (Å²) in [5, 5.41) is 7.39. The number of para-hydroxylation sites is 2. The largest absolute Gasteiger partial charge is 0.399 e. The molecule has 134 valence electrons. The van der Waals surface area contributed by atoms with Gasteiger partial charge in [0, 0.05) is 11.3 Å². The number of imidazole rings is 1. The predicted octanol–water partition coefficient (Wildman–Crippen LogP) is 4.07. The number of aromatic amines is 2. The fourth-order valence-electron chi connectivity index (χ4n) is 2.94. The second-order valence-electron chi connectivity index (χ2n) is 5.98. The van der Waals surface area contributed by atoms with Gasteiger partial charge < -0.3 is 10.7 Å². The van der Waals surface area contributed by atoms with Crippen LogP contribution in [-0.4, -0.2) is 25.1 Å². The van der Waals surface area contributed by atoms with Gasteiger partial charge in [0.15, 0.2) is 11.6 Å². The highest BCUT2D eigenvalue weighted by Gasteiger charge is 2.20. The number of nitrogens with zero attached hydrogens (tertiary/aromatic N) is 3. The van der Waals surface area contributed by atoms with Crippen molar-refractivity contribution in [2.75, 3.05) is 0 Å². The highest BCUT2D eigenvalue weighted by atomic mass is 19.1. The van der Waals surface area contributed by atoms with Gasteiger partial charge in [0.05, 0.1) is 28.1 Å². The van der Waals surface area contributed by atoms with E-state index in [1.54, 1.807) is 25.3 Å². The van der Waals surface area contributed by atoms with Crippen LogP contribution >= 0.6 is 0 Å². The molecular weight excluding hydrogens is 343 g/mol. The summed E-state index contributed by atoms with van der Waals surface area (Å²) in [4.78, 5) is 11.9. The molecule has 3 aromatic heterocycles. The zero-order valence-electron chi connectivity index (χ0n) is 14.6. The Balaban J connectivity index is 1.93. The smallest absolute Gasteiger partial charge is 0.161 e. The first kappa shape index (κ1) is 16.7. The number of aromatic nitrogens is 5. The highest BCUT2D eigenvalue weighted by Crippen LogP contribution is 2.31. The Bertz CT molecular complexity index is 1190. The quantitative estimate of drug-likeness (QED) is 0.478. The van der Waals surface area contributed by atoms with E-state index in [-0.39, 0.29) is 5.69 Å². The Morgan fingerprint density at radius 3 is 2.81 bits per heavy atom. The third-order valence-electron chi connectivity index (χ3n) is 4.30. The van der Waals surface area contributed by atoms with Gasteiger partial charge in [-0.25, -0.2) is 9.37 Å². The zero-order chi connectivity index (χ0) is 19.0. The highest BCUT2D eigenvalue weighted by molar-refractivity contribution is 5.95. The Morgan fingerprint density at radius 2 is 2.07 bits per heavy atom. The molecular formula is C20H17FN6. The summed E-state index contributed by atoms with van der Waals surface area (Å²) >= 11 is 0. The van der Waals surface area contributed by atoms with E-state index in [9.17, 15) is 0 Å². The van der Waals surface area contributed by atoms with Gasteiger partial charge in [0.1, 0.15) is 11.4 Å². The summed E-state index contributed by atoms with van der Waals surface area (Å²) in [7, 11) is 0. The molecule has 4 N–H and O–H groups in total. The van der Waals surface area contributed by atoms with E-state index in [1.807, 2.05) is 24.3 Å². The first-order valence-electron chi connectivity index (χ1n) is 8.36. The molecule has 0 unspecified atom stereocenters. The Hall–Kier alpha value is -3.74. The van der Waals surface area contributed by atoms with E-state index in [1.165, 1.54) is 6.08 Å². The zero-order valence-corrected chi connectivity index (χ0v) is 14.6. The van der Waals surface area contributed by atoms with Crippen molar-refractivity contribution in [2.24, 2.45) is 5.73 Å². The van der Waals surface area contributed by atoms with E-state index < -0.39 is 5.82 Å². The standard InChI is InChI=1S/C20H17FN6/c1-3-11(9-12(22)4-2)18-17(21)16-15(10-23-18)26-27-19(16)20-24-13-7-5-6-8-14(13)25-20/h3-10H,2,22H2,1H3,(H,24,25)(H,26,27)/b11-3+,12-9+. The molecule has 0 aliphatic rings. The van der Waals surface area contributed by atoms with Crippen LogP contribution in [0.3, 0.4) is 0 Å². The summed E-state index contributed by atoms with van der Waals surface area (Å²) in [5.74, 6) is -0.000376. The van der Waals surface area contributed by atoms with Gasteiger partial charge in [-0.15, -0.1) is 0 Å². The molecule has 0 atom stereocenters. The number of nitrogens with two attached hydrogens (primary N) is 1. The number of H-pyrrole nitrogens is 2. The normalized spacial score (nSPS) is 12.8. The maximum absolute atomic E-state index is 15.4. The summed E-state index contributed by atoms with van der Waals surface area (Å²) in [6.45, 7) is 5.41. The number of pyridine rings is 1. The number of nitrogens with one attached hydrogen (secondary N) is 2. The molecule has 0 amide bonds. The lowest BCUT2D eigenvalue weighted by Crippen LogP contribution is -1.98. The number of fused-ring (bicyclic) bond motifs is 2. The molecule has 0 fully saturated rings. The number of allylic oxidation sites excluding steroid dienone is 4. The number of hydrogen-bond acceptors (Lipinski definition) is 4. The van der Waals surface area contributed by atoms with Crippen molar-refractivity contribution in [1.82, 2.24) is 25.1 Å². The van der Waals surface area contributed by atoms with Crippen molar-refractivity contribution in [3.8, 4) is 11.5 Å². The fraction of sp³-hybridized carbons (Fsp3) is 0.0500. The molecule has 0 aliphatic heterocycles. The molecule has 7 heteroatoms. The fourth-order valence-corrected chi connectivity index (χ4v) is 2.94. The summed E-state index contributed by atoms with van der Waals surface area (Å²) in [5.41, 5.74) is 9.52. The molecule has 0 saturated carbocycles. The molecule has 0 aliphatic carbocycles. The summed E-state index contributed by atoms with van der Waals surface area (Å²) < 4.78 is 15.4. The van der Waals surface area contributed by atoms with E-state index in [0.717, 1.165) is 11.0 Å². The minimum absolute atomic E-state index is 0.188. The van der Waals surface area contributed by atoms with Gasteiger partial charge in [0.2, 0.25) is 0 Å². The van der Waals surface area contributed by atoms with Gasteiger partial charge in [-0.3, -0.25) is 10.1 Å². The van der Waals surface area contributed by atoms with E-state index in [0.29, 0.717) is 33.7 Å². The van der Waals surface area contributed by atoms with Crippen molar-refractivity contribution in [3.05, 3.63) is 72.5 Å². The second-order valence-corrected chi connectivity index (χ2v) is 5.98. The lowest BCUT2D eigenvalue weighted by atomic mass is 10.1. The molecule has 0 bridgehead atoms. The van der Waals surface area contributed by atoms with Crippen LogP contribution < -0.4 is 5.73 Å². The number of benzene rings is 1. The average Bonchev–Trinajstić information content (AvgIpc) is 3.30. The minimum atomic E-state index is -0.488. The van der Waals surface area contributed by atoms with E-state index in [2.05, 4.69) is 31.7 Å². The van der Waals surface area contributed by atoms with Crippen molar-refractivity contribution in [2.45, 2.75) is 6.92 Å². The Kier molecular flexibility index (Phi) is 4.04. The van der Waals surface area contributed by atoms with Crippen molar-refractivity contribution >= 4 is 27.5 Å². The first-order valence-corrected chi connectivity index (χ1v) is 8.36. The van der Waals surface area contributed by atoms with Gasteiger partial charge in [-0.1, -0.05) is 24.8 Å². The molecule has 0 spiro atoms. The Morgan fingerprint density at radius 1 is 1.26 bits per heavy atom. The molecule has 6 nitrogen and oxygen atoms in total. The third-order valence-corrected chi connectivity index (χ3v) is 4.30. The number of halogens is 1. The average molecular weight is 360 g/mol. The van der Waals surface area contributed by atoms with Crippen molar-refractivity contribution in [1.29, 1.82) is 0 Å². The van der Waals surface area contributed by atoms with Crippen molar-refractivity contribution in [3.63, 3.8) is 0 Å².